The number of aryl methyl sites for hydroxylation is 1. The van der Waals surface area contributed by atoms with Crippen molar-refractivity contribution in [1.29, 1.82) is 0 Å². The minimum absolute atomic E-state index is 0.335. The van der Waals surface area contributed by atoms with E-state index in [1.807, 2.05) is 0 Å². The molecule has 6 heteroatoms. The van der Waals surface area contributed by atoms with Gasteiger partial charge in [-0.15, -0.1) is 0 Å². The van der Waals surface area contributed by atoms with E-state index in [0.29, 0.717) is 17.3 Å². The third-order valence-electron chi connectivity index (χ3n) is 1.78. The highest BCUT2D eigenvalue weighted by molar-refractivity contribution is 14.1. The van der Waals surface area contributed by atoms with Gasteiger partial charge in [-0.25, -0.2) is 0 Å². The summed E-state index contributed by atoms with van der Waals surface area (Å²) in [5.41, 5.74) is 0.635. The van der Waals surface area contributed by atoms with Crippen molar-refractivity contribution in [2.75, 3.05) is 0 Å². The summed E-state index contributed by atoms with van der Waals surface area (Å²) in [6, 6.07) is 1.69. The fourth-order valence-electron chi connectivity index (χ4n) is 1.15. The Labute approximate surface area is 113 Å². The van der Waals surface area contributed by atoms with Gasteiger partial charge in [-0.05, 0) is 29.4 Å². The van der Waals surface area contributed by atoms with Crippen molar-refractivity contribution in [1.82, 2.24) is 19.6 Å². The average Bonchev–Trinajstić information content (AvgIpc) is 2.86. The van der Waals surface area contributed by atoms with E-state index in [-0.39, 0.29) is 0 Å². The van der Waals surface area contributed by atoms with Crippen molar-refractivity contribution in [3.05, 3.63) is 32.9 Å². The van der Waals surface area contributed by atoms with E-state index in [0.717, 1.165) is 8.38 Å². The predicted octanol–water partition coefficient (Wildman–Crippen LogP) is 2.41. The van der Waals surface area contributed by atoms with Crippen molar-refractivity contribution in [3.63, 3.8) is 0 Å². The number of hydrogen-bond acceptors (Lipinski definition) is 2. The van der Waals surface area contributed by atoms with Gasteiger partial charge in [0.1, 0.15) is 3.70 Å². The van der Waals surface area contributed by atoms with Crippen LogP contribution in [0, 0.1) is 3.70 Å². The molecule has 15 heavy (non-hydrogen) atoms. The van der Waals surface area contributed by atoms with E-state index in [4.69, 9.17) is 18.5 Å². The number of rotatable bonds is 3. The van der Waals surface area contributed by atoms with Crippen LogP contribution >= 0.6 is 34.2 Å². The van der Waals surface area contributed by atoms with Crippen molar-refractivity contribution in [2.24, 2.45) is 0 Å². The first-order chi connectivity index (χ1) is 9.11. The minimum atomic E-state index is -2.79. The largest absolute Gasteiger partial charge is 0.273 e. The Kier molecular flexibility index (Phi) is 1.88. The zero-order valence-electron chi connectivity index (χ0n) is 12.5. The smallest absolute Gasteiger partial charge is 0.152 e. The Morgan fingerprint density at radius 3 is 3.27 bits per heavy atom. The maximum Gasteiger partial charge on any atom is 0.152 e. The molecular formula is C9H10ClIN4. The first-order valence-corrected chi connectivity index (χ1v) is 5.50. The van der Waals surface area contributed by atoms with E-state index in [9.17, 15) is 0 Å². The van der Waals surface area contributed by atoms with Crippen LogP contribution in [-0.4, -0.2) is 19.6 Å². The van der Waals surface area contributed by atoms with Crippen LogP contribution in [-0.2, 0) is 13.0 Å². The normalized spacial score (nSPS) is 17.6. The quantitative estimate of drug-likeness (QED) is 0.804. The molecule has 0 aromatic carbocycles. The van der Waals surface area contributed by atoms with Gasteiger partial charge in [-0.3, -0.25) is 9.36 Å². The van der Waals surface area contributed by atoms with Gasteiger partial charge < -0.3 is 0 Å². The Morgan fingerprint density at radius 2 is 2.60 bits per heavy atom. The summed E-state index contributed by atoms with van der Waals surface area (Å²) in [6.45, 7) is -5.01. The maximum atomic E-state index is 7.62. The SMILES string of the molecule is [2H]C([2H])([2H])C([2H])([2H])n1cc(Cn2nc(Cl)cc2I)cn1. The third kappa shape index (κ3) is 2.52. The summed E-state index contributed by atoms with van der Waals surface area (Å²) in [5, 5.41) is 8.21. The summed E-state index contributed by atoms with van der Waals surface area (Å²) >= 11 is 7.85. The van der Waals surface area contributed by atoms with E-state index >= 15 is 0 Å². The van der Waals surface area contributed by atoms with Crippen LogP contribution in [0.1, 0.15) is 19.3 Å². The Morgan fingerprint density at radius 1 is 1.73 bits per heavy atom. The molecule has 0 aliphatic heterocycles. The monoisotopic (exact) mass is 341 g/mol. The van der Waals surface area contributed by atoms with Crippen LogP contribution in [0.2, 0.25) is 5.15 Å². The van der Waals surface area contributed by atoms with Crippen molar-refractivity contribution in [3.8, 4) is 0 Å². The van der Waals surface area contributed by atoms with Gasteiger partial charge in [-0.2, -0.15) is 10.2 Å². The van der Waals surface area contributed by atoms with E-state index in [2.05, 4.69) is 32.8 Å². The molecule has 2 aromatic heterocycles. The van der Waals surface area contributed by atoms with E-state index < -0.39 is 13.3 Å². The summed E-state index contributed by atoms with van der Waals surface area (Å²) in [7, 11) is 0. The third-order valence-corrected chi connectivity index (χ3v) is 2.84. The second-order valence-electron chi connectivity index (χ2n) is 2.85. The molecule has 80 valence electrons. The molecule has 0 saturated carbocycles. The molecule has 0 N–H and O–H groups in total. The Hall–Kier alpha value is -0.560. The number of nitrogens with zero attached hydrogens (tertiary/aromatic N) is 4. The fourth-order valence-corrected chi connectivity index (χ4v) is 2.10. The minimum Gasteiger partial charge on any atom is -0.273 e. The van der Waals surface area contributed by atoms with Crippen LogP contribution in [0.4, 0.5) is 0 Å². The zero-order valence-corrected chi connectivity index (χ0v) is 10.4. The van der Waals surface area contributed by atoms with Gasteiger partial charge in [0, 0.05) is 28.4 Å². The molecular weight excluding hydrogens is 326 g/mol. The lowest BCUT2D eigenvalue weighted by Gasteiger charge is -1.99. The molecule has 0 aliphatic rings. The Balaban J connectivity index is 2.24. The van der Waals surface area contributed by atoms with Crippen molar-refractivity contribution in [2.45, 2.75) is 19.9 Å². The molecule has 0 spiro atoms. The molecule has 2 aromatic rings. The summed E-state index contributed by atoms with van der Waals surface area (Å²) in [4.78, 5) is 0. The lowest BCUT2D eigenvalue weighted by atomic mass is 10.4. The first-order valence-electron chi connectivity index (χ1n) is 6.54. The topological polar surface area (TPSA) is 35.6 Å². The van der Waals surface area contributed by atoms with Crippen molar-refractivity contribution < 1.29 is 6.85 Å². The van der Waals surface area contributed by atoms with Crippen molar-refractivity contribution >= 4 is 34.2 Å². The van der Waals surface area contributed by atoms with Crippen LogP contribution in [0.5, 0.6) is 0 Å². The number of hydrogen-bond donors (Lipinski definition) is 0. The summed E-state index contributed by atoms with van der Waals surface area (Å²) < 4.78 is 40.1. The van der Waals surface area contributed by atoms with Gasteiger partial charge >= 0.3 is 0 Å². The standard InChI is InChI=1S/C9H10ClIN4/c1-2-14-5-7(4-12-14)6-15-9(11)3-8(10)13-15/h3-5H,2,6H2,1H3/i1D3,2D2. The number of halogens is 2. The van der Waals surface area contributed by atoms with Crippen LogP contribution in [0.25, 0.3) is 0 Å². The molecule has 0 fully saturated rings. The molecule has 0 atom stereocenters. The highest BCUT2D eigenvalue weighted by Gasteiger charge is 2.05. The molecule has 2 heterocycles. The number of aromatic nitrogens is 4. The van der Waals surface area contributed by atoms with E-state index in [1.54, 1.807) is 10.7 Å². The molecule has 0 aliphatic carbocycles. The second-order valence-corrected chi connectivity index (χ2v) is 4.34. The highest BCUT2D eigenvalue weighted by atomic mass is 127. The van der Waals surface area contributed by atoms with Crippen LogP contribution in [0.3, 0.4) is 0 Å². The van der Waals surface area contributed by atoms with Crippen LogP contribution < -0.4 is 0 Å². The highest BCUT2D eigenvalue weighted by Crippen LogP contribution is 2.13. The molecule has 0 bridgehead atoms. The van der Waals surface area contributed by atoms with Gasteiger partial charge in [0.25, 0.3) is 0 Å². The molecule has 2 rings (SSSR count). The van der Waals surface area contributed by atoms with Gasteiger partial charge in [0.15, 0.2) is 5.15 Å². The fraction of sp³-hybridized carbons (Fsp3) is 0.333. The van der Waals surface area contributed by atoms with Gasteiger partial charge in [0.05, 0.1) is 15.5 Å². The Bertz CT molecular complexity index is 620. The second kappa shape index (κ2) is 4.52. The predicted molar refractivity (Wildman–Crippen MR) is 67.0 cm³/mol. The summed E-state index contributed by atoms with van der Waals surface area (Å²) in [6.07, 6.45) is 2.77. The first kappa shape index (κ1) is 6.24. The lowest BCUT2D eigenvalue weighted by molar-refractivity contribution is 0.651. The van der Waals surface area contributed by atoms with Crippen LogP contribution in [0.15, 0.2) is 18.5 Å². The molecule has 0 amide bonds. The van der Waals surface area contributed by atoms with Gasteiger partial charge in [-0.1, -0.05) is 11.6 Å². The molecule has 0 unspecified atom stereocenters. The average molecular weight is 342 g/mol. The molecule has 4 nitrogen and oxygen atoms in total. The molecule has 0 radical (unpaired) electrons. The maximum absolute atomic E-state index is 7.62. The zero-order chi connectivity index (χ0) is 15.1. The molecule has 0 saturated heterocycles. The van der Waals surface area contributed by atoms with Gasteiger partial charge in [0.2, 0.25) is 0 Å². The summed E-state index contributed by atoms with van der Waals surface area (Å²) in [5.74, 6) is 0. The van der Waals surface area contributed by atoms with E-state index in [1.165, 1.54) is 12.4 Å². The lowest BCUT2D eigenvalue weighted by Crippen LogP contribution is -2.02.